The quantitative estimate of drug-likeness (QED) is 0.206. The Bertz CT molecular complexity index is 774. The molecule has 0 amide bonds. The van der Waals surface area contributed by atoms with Crippen LogP contribution in [-0.2, 0) is 14.2 Å². The summed E-state index contributed by atoms with van der Waals surface area (Å²) in [5.41, 5.74) is -1.96. The minimum absolute atomic E-state index is 0.0702. The minimum atomic E-state index is -1.96. The average Bonchev–Trinajstić information content (AvgIpc) is 3.07. The Balaban J connectivity index is 1.77. The summed E-state index contributed by atoms with van der Waals surface area (Å²) in [7, 11) is 2.67. The first kappa shape index (κ1) is 24.7. The van der Waals surface area contributed by atoms with Gasteiger partial charge < -0.3 is 64.2 Å². The summed E-state index contributed by atoms with van der Waals surface area (Å²) < 4.78 is 32.1. The van der Waals surface area contributed by atoms with E-state index >= 15 is 0 Å². The van der Waals surface area contributed by atoms with E-state index in [0.717, 1.165) is 0 Å². The summed E-state index contributed by atoms with van der Waals surface area (Å²) in [6, 6.07) is 2.46. The number of hydrogen-bond donors (Lipinski definition) is 7. The van der Waals surface area contributed by atoms with E-state index in [0.29, 0.717) is 0 Å². The van der Waals surface area contributed by atoms with Crippen LogP contribution in [0, 0.1) is 0 Å². The van der Waals surface area contributed by atoms with Crippen LogP contribution in [0.5, 0.6) is 23.0 Å². The Morgan fingerprint density at radius 3 is 2.28 bits per heavy atom. The van der Waals surface area contributed by atoms with E-state index in [9.17, 15) is 35.7 Å². The van der Waals surface area contributed by atoms with Crippen molar-refractivity contribution in [1.82, 2.24) is 0 Å². The zero-order chi connectivity index (χ0) is 23.6. The second kappa shape index (κ2) is 9.91. The fourth-order valence-corrected chi connectivity index (χ4v) is 3.51. The van der Waals surface area contributed by atoms with E-state index in [4.69, 9.17) is 28.4 Å². The van der Waals surface area contributed by atoms with Crippen molar-refractivity contribution in [2.24, 2.45) is 0 Å². The van der Waals surface area contributed by atoms with Crippen LogP contribution in [0.2, 0.25) is 0 Å². The molecule has 7 N–H and O–H groups in total. The Labute approximate surface area is 182 Å². The summed E-state index contributed by atoms with van der Waals surface area (Å²) in [4.78, 5) is 0. The normalized spacial score (nSPS) is 37.3. The van der Waals surface area contributed by atoms with Gasteiger partial charge >= 0.3 is 0 Å². The number of phenolic OH excluding ortho intramolecular Hbond substituents is 1. The number of phenols is 1. The van der Waals surface area contributed by atoms with Gasteiger partial charge in [-0.15, -0.1) is 0 Å². The van der Waals surface area contributed by atoms with Crippen LogP contribution < -0.4 is 14.2 Å². The van der Waals surface area contributed by atoms with Crippen LogP contribution in [0.15, 0.2) is 12.1 Å². The van der Waals surface area contributed by atoms with Crippen LogP contribution in [0.25, 0.3) is 0 Å². The number of benzene rings is 1. The highest BCUT2D eigenvalue weighted by Crippen LogP contribution is 2.42. The van der Waals surface area contributed by atoms with Gasteiger partial charge in [-0.2, -0.15) is 0 Å². The van der Waals surface area contributed by atoms with Crippen molar-refractivity contribution in [3.05, 3.63) is 12.1 Å². The molecule has 2 aliphatic rings. The summed E-state index contributed by atoms with van der Waals surface area (Å²) in [5, 5.41) is 70.2. The number of hydrogen-bond acceptors (Lipinski definition) is 13. The van der Waals surface area contributed by atoms with Gasteiger partial charge in [-0.05, 0) is 0 Å². The van der Waals surface area contributed by atoms with E-state index in [1.54, 1.807) is 0 Å². The van der Waals surface area contributed by atoms with E-state index in [2.05, 4.69) is 0 Å². The van der Waals surface area contributed by atoms with Gasteiger partial charge in [0.15, 0.2) is 17.8 Å². The lowest BCUT2D eigenvalue weighted by molar-refractivity contribution is -0.313. The van der Waals surface area contributed by atoms with Crippen molar-refractivity contribution in [3.63, 3.8) is 0 Å². The van der Waals surface area contributed by atoms with E-state index < -0.39 is 68.5 Å². The molecule has 2 heterocycles. The van der Waals surface area contributed by atoms with Crippen LogP contribution >= 0.6 is 0 Å². The molecule has 8 atom stereocenters. The molecule has 0 unspecified atom stereocenters. The molecule has 13 nitrogen and oxygen atoms in total. The first-order valence-electron chi connectivity index (χ1n) is 9.71. The Morgan fingerprint density at radius 1 is 1.03 bits per heavy atom. The van der Waals surface area contributed by atoms with Gasteiger partial charge in [-0.3, -0.25) is 0 Å². The molecule has 182 valence electrons. The molecule has 2 fully saturated rings. The van der Waals surface area contributed by atoms with Crippen molar-refractivity contribution >= 4 is 0 Å². The van der Waals surface area contributed by atoms with Gasteiger partial charge in [0.25, 0.3) is 0 Å². The van der Waals surface area contributed by atoms with Crippen LogP contribution in [0.3, 0.4) is 0 Å². The third-order valence-electron chi connectivity index (χ3n) is 5.36. The van der Waals surface area contributed by atoms with Gasteiger partial charge in [-0.25, -0.2) is 0 Å². The molecule has 3 rings (SSSR count). The number of aromatic hydroxyl groups is 1. The maximum atomic E-state index is 10.6. The average molecular weight is 464 g/mol. The molecule has 0 bridgehead atoms. The number of rotatable bonds is 8. The molecule has 0 saturated carbocycles. The molecule has 1 aromatic carbocycles. The maximum absolute atomic E-state index is 10.6. The van der Waals surface area contributed by atoms with Crippen molar-refractivity contribution in [2.45, 2.75) is 48.7 Å². The first-order valence-corrected chi connectivity index (χ1v) is 9.71. The Hall–Kier alpha value is -1.94. The van der Waals surface area contributed by atoms with Crippen molar-refractivity contribution in [2.75, 3.05) is 34.0 Å². The number of ether oxygens (including phenoxy) is 6. The van der Waals surface area contributed by atoms with E-state index in [1.165, 1.54) is 26.4 Å². The Morgan fingerprint density at radius 2 is 1.72 bits per heavy atom. The molecular formula is C19H28O13. The lowest BCUT2D eigenvalue weighted by Gasteiger charge is -2.42. The predicted molar refractivity (Wildman–Crippen MR) is 102 cm³/mol. The molecular weight excluding hydrogens is 436 g/mol. The highest BCUT2D eigenvalue weighted by Gasteiger charge is 2.53. The van der Waals surface area contributed by atoms with Crippen LogP contribution in [0.4, 0.5) is 0 Å². The fraction of sp³-hybridized carbons (Fsp3) is 0.684. The molecule has 32 heavy (non-hydrogen) atoms. The molecule has 0 aliphatic carbocycles. The van der Waals surface area contributed by atoms with Gasteiger partial charge in [0.05, 0.1) is 34.0 Å². The van der Waals surface area contributed by atoms with Crippen molar-refractivity contribution in [3.8, 4) is 23.0 Å². The van der Waals surface area contributed by atoms with E-state index in [1.807, 2.05) is 0 Å². The SMILES string of the molecule is COc1cc(O)cc(O[C@@H]2O[C@H](CO)[C@@H](O[C@@H]3OC[C@](O)(CO)[C@H]3O)[C@H](O)[C@H]2O)c1OC. The summed E-state index contributed by atoms with van der Waals surface area (Å²) in [6.45, 7) is -1.91. The second-order valence-corrected chi connectivity index (χ2v) is 7.49. The molecule has 0 aromatic heterocycles. The standard InChI is InChI=1S/C19H28O13/c1-27-9-3-8(22)4-10(14(9)28-2)30-17-13(24)12(23)15(11(5-20)31-17)32-18-16(25)19(26,6-21)7-29-18/h3-4,11-13,15-18,20-26H,5-7H2,1-2H3/t11-,12-,13-,15-,16+,17-,18+,19-/m1/s1. The largest absolute Gasteiger partial charge is 0.508 e. The number of methoxy groups -OCH3 is 2. The molecule has 0 radical (unpaired) electrons. The van der Waals surface area contributed by atoms with Crippen LogP contribution in [0.1, 0.15) is 0 Å². The lowest BCUT2D eigenvalue weighted by atomic mass is 9.98. The monoisotopic (exact) mass is 464 g/mol. The molecule has 1 aromatic rings. The number of aliphatic hydroxyl groups is 6. The topological polar surface area (TPSA) is 197 Å². The second-order valence-electron chi connectivity index (χ2n) is 7.49. The highest BCUT2D eigenvalue weighted by atomic mass is 16.7. The lowest BCUT2D eigenvalue weighted by Crippen LogP contribution is -2.62. The van der Waals surface area contributed by atoms with Gasteiger partial charge in [0.1, 0.15) is 41.9 Å². The molecule has 0 spiro atoms. The van der Waals surface area contributed by atoms with Crippen molar-refractivity contribution < 1.29 is 64.2 Å². The van der Waals surface area contributed by atoms with Crippen molar-refractivity contribution in [1.29, 1.82) is 0 Å². The third-order valence-corrected chi connectivity index (χ3v) is 5.36. The van der Waals surface area contributed by atoms with Gasteiger partial charge in [-0.1, -0.05) is 0 Å². The van der Waals surface area contributed by atoms with Gasteiger partial charge in [0.2, 0.25) is 12.0 Å². The molecule has 13 heteroatoms. The fourth-order valence-electron chi connectivity index (χ4n) is 3.51. The molecule has 2 saturated heterocycles. The zero-order valence-electron chi connectivity index (χ0n) is 17.4. The first-order chi connectivity index (χ1) is 15.2. The minimum Gasteiger partial charge on any atom is -0.508 e. The number of aliphatic hydroxyl groups excluding tert-OH is 5. The summed E-state index contributed by atoms with van der Waals surface area (Å²) in [5.74, 6) is -0.0799. The van der Waals surface area contributed by atoms with Crippen LogP contribution in [-0.4, -0.2) is 118 Å². The third kappa shape index (κ3) is 4.57. The summed E-state index contributed by atoms with van der Waals surface area (Å²) in [6.07, 6.45) is -10.7. The molecule has 2 aliphatic heterocycles. The zero-order valence-corrected chi connectivity index (χ0v) is 17.4. The van der Waals surface area contributed by atoms with Gasteiger partial charge in [0, 0.05) is 12.1 Å². The Kier molecular flexibility index (Phi) is 7.65. The maximum Gasteiger partial charge on any atom is 0.229 e. The predicted octanol–water partition coefficient (Wildman–Crippen LogP) is -2.95. The van der Waals surface area contributed by atoms with E-state index in [-0.39, 0.29) is 23.0 Å². The smallest absolute Gasteiger partial charge is 0.229 e. The highest BCUT2D eigenvalue weighted by molar-refractivity contribution is 5.55. The summed E-state index contributed by atoms with van der Waals surface area (Å²) >= 11 is 0.